The minimum absolute atomic E-state index is 0.0547. The molecule has 35 heavy (non-hydrogen) atoms. The van der Waals surface area contributed by atoms with Crippen molar-refractivity contribution in [2.75, 3.05) is 18.5 Å². The highest BCUT2D eigenvalue weighted by Crippen LogP contribution is 2.25. The summed E-state index contributed by atoms with van der Waals surface area (Å²) in [4.78, 5) is 29.1. The van der Waals surface area contributed by atoms with Crippen molar-refractivity contribution in [3.8, 4) is 11.5 Å². The Morgan fingerprint density at radius 2 is 1.71 bits per heavy atom. The molecular formula is C23H23N5O6S. The molecule has 0 unspecified atom stereocenters. The Kier molecular flexibility index (Phi) is 6.56. The quantitative estimate of drug-likeness (QED) is 0.267. The third-order valence-electron chi connectivity index (χ3n) is 5.42. The number of rotatable bonds is 8. The smallest absolute Gasteiger partial charge is 0.312 e. The maximum absolute atomic E-state index is 12.9. The fourth-order valence-electron chi connectivity index (χ4n) is 3.39. The molecule has 0 spiro atoms. The number of esters is 1. The number of anilines is 1. The number of ether oxygens (including phenoxy) is 2. The standard InChI is InChI=1S/C23H23N5O6S/c1-26-22-20(14-25-26)23(30)28(15-24-22)13-12-21(29)34-18-6-4-16(5-7-18)27(2)35(31,32)19-10-8-17(33-3)9-11-19/h4-11,14-15H,12-13H2,1-3H3. The van der Waals surface area contributed by atoms with Crippen LogP contribution >= 0.6 is 0 Å². The van der Waals surface area contributed by atoms with E-state index in [1.54, 1.807) is 19.2 Å². The van der Waals surface area contributed by atoms with Crippen LogP contribution in [0.2, 0.25) is 0 Å². The Balaban J connectivity index is 1.39. The van der Waals surface area contributed by atoms with Gasteiger partial charge in [-0.15, -0.1) is 0 Å². The van der Waals surface area contributed by atoms with Gasteiger partial charge >= 0.3 is 5.97 Å². The first-order valence-corrected chi connectivity index (χ1v) is 12.0. The molecule has 0 aliphatic rings. The van der Waals surface area contributed by atoms with E-state index < -0.39 is 16.0 Å². The number of methoxy groups -OCH3 is 1. The fraction of sp³-hybridized carbons (Fsp3) is 0.217. The van der Waals surface area contributed by atoms with E-state index in [9.17, 15) is 18.0 Å². The van der Waals surface area contributed by atoms with Crippen molar-refractivity contribution in [1.82, 2.24) is 19.3 Å². The molecule has 12 heteroatoms. The highest BCUT2D eigenvalue weighted by molar-refractivity contribution is 7.92. The Bertz CT molecular complexity index is 1530. The van der Waals surface area contributed by atoms with Gasteiger partial charge in [0.2, 0.25) is 0 Å². The molecule has 0 radical (unpaired) electrons. The average molecular weight is 498 g/mol. The van der Waals surface area contributed by atoms with Crippen molar-refractivity contribution in [2.24, 2.45) is 7.05 Å². The summed E-state index contributed by atoms with van der Waals surface area (Å²) in [6, 6.07) is 12.2. The van der Waals surface area contributed by atoms with Gasteiger partial charge in [0, 0.05) is 20.6 Å². The van der Waals surface area contributed by atoms with Crippen molar-refractivity contribution in [3.63, 3.8) is 0 Å². The first kappa shape index (κ1) is 24.0. The lowest BCUT2D eigenvalue weighted by atomic mass is 10.3. The summed E-state index contributed by atoms with van der Waals surface area (Å²) in [5, 5.41) is 4.38. The third kappa shape index (κ3) is 4.87. The van der Waals surface area contributed by atoms with Crippen molar-refractivity contribution >= 4 is 32.7 Å². The number of aryl methyl sites for hydroxylation is 2. The molecule has 182 valence electrons. The second-order valence-electron chi connectivity index (χ2n) is 7.61. The van der Waals surface area contributed by atoms with Crippen LogP contribution in [0.5, 0.6) is 11.5 Å². The maximum atomic E-state index is 12.9. The molecule has 0 aliphatic carbocycles. The number of fused-ring (bicyclic) bond motifs is 1. The molecule has 0 atom stereocenters. The molecule has 11 nitrogen and oxygen atoms in total. The van der Waals surface area contributed by atoms with E-state index in [0.29, 0.717) is 22.5 Å². The predicted octanol–water partition coefficient (Wildman–Crippen LogP) is 1.96. The lowest BCUT2D eigenvalue weighted by molar-refractivity contribution is -0.134. The number of carbonyl (C=O) groups is 1. The van der Waals surface area contributed by atoms with Gasteiger partial charge < -0.3 is 9.47 Å². The Morgan fingerprint density at radius 3 is 2.37 bits per heavy atom. The predicted molar refractivity (Wildman–Crippen MR) is 128 cm³/mol. The van der Waals surface area contributed by atoms with Gasteiger partial charge in [-0.3, -0.25) is 23.1 Å². The van der Waals surface area contributed by atoms with E-state index in [-0.39, 0.29) is 29.2 Å². The minimum Gasteiger partial charge on any atom is -0.497 e. The molecule has 4 aromatic rings. The first-order valence-electron chi connectivity index (χ1n) is 10.5. The van der Waals surface area contributed by atoms with Gasteiger partial charge in [0.05, 0.1) is 36.6 Å². The van der Waals surface area contributed by atoms with E-state index >= 15 is 0 Å². The first-order chi connectivity index (χ1) is 16.7. The summed E-state index contributed by atoms with van der Waals surface area (Å²) in [5.74, 6) is 0.258. The summed E-state index contributed by atoms with van der Waals surface area (Å²) < 4.78 is 40.1. The van der Waals surface area contributed by atoms with E-state index in [1.165, 1.54) is 72.3 Å². The van der Waals surface area contributed by atoms with E-state index in [2.05, 4.69) is 10.1 Å². The number of hydrogen-bond donors (Lipinski definition) is 0. The highest BCUT2D eigenvalue weighted by Gasteiger charge is 2.21. The number of hydrogen-bond acceptors (Lipinski definition) is 8. The largest absolute Gasteiger partial charge is 0.497 e. The Morgan fingerprint density at radius 1 is 1.06 bits per heavy atom. The molecule has 0 N–H and O–H groups in total. The molecule has 2 heterocycles. The summed E-state index contributed by atoms with van der Waals surface area (Å²) in [5.41, 5.74) is 0.567. The molecule has 0 amide bonds. The molecular weight excluding hydrogens is 474 g/mol. The topological polar surface area (TPSA) is 126 Å². The third-order valence-corrected chi connectivity index (χ3v) is 7.22. The molecule has 0 saturated carbocycles. The van der Waals surface area contributed by atoms with Crippen LogP contribution in [0, 0.1) is 0 Å². The zero-order valence-corrected chi connectivity index (χ0v) is 20.1. The number of carbonyl (C=O) groups excluding carboxylic acids is 1. The lowest BCUT2D eigenvalue weighted by Gasteiger charge is -2.20. The second kappa shape index (κ2) is 9.58. The van der Waals surface area contributed by atoms with Crippen LogP contribution in [0.1, 0.15) is 6.42 Å². The van der Waals surface area contributed by atoms with Crippen LogP contribution in [0.4, 0.5) is 5.69 Å². The summed E-state index contributed by atoms with van der Waals surface area (Å²) in [7, 11) is 0.842. The zero-order chi connectivity index (χ0) is 25.2. The van der Waals surface area contributed by atoms with Gasteiger partial charge in [-0.05, 0) is 48.5 Å². The molecule has 0 saturated heterocycles. The highest BCUT2D eigenvalue weighted by atomic mass is 32.2. The van der Waals surface area contributed by atoms with Crippen LogP contribution in [0.3, 0.4) is 0 Å². The Hall–Kier alpha value is -4.19. The molecule has 2 aromatic heterocycles. The van der Waals surface area contributed by atoms with Gasteiger partial charge in [-0.2, -0.15) is 5.10 Å². The van der Waals surface area contributed by atoms with Crippen LogP contribution in [0.15, 0.2) is 70.7 Å². The van der Waals surface area contributed by atoms with E-state index in [0.717, 1.165) is 4.31 Å². The molecule has 4 rings (SSSR count). The zero-order valence-electron chi connectivity index (χ0n) is 19.3. The van der Waals surface area contributed by atoms with Gasteiger partial charge in [0.25, 0.3) is 15.6 Å². The summed E-state index contributed by atoms with van der Waals surface area (Å²) in [6.07, 6.45) is 2.75. The normalized spacial score (nSPS) is 11.4. The second-order valence-corrected chi connectivity index (χ2v) is 9.58. The van der Waals surface area contributed by atoms with Crippen molar-refractivity contribution in [3.05, 3.63) is 71.4 Å². The molecule has 0 bridgehead atoms. The van der Waals surface area contributed by atoms with Gasteiger partial charge in [-0.1, -0.05) is 0 Å². The van der Waals surface area contributed by atoms with Crippen LogP contribution in [0.25, 0.3) is 11.0 Å². The Labute approximate surface area is 201 Å². The fourth-order valence-corrected chi connectivity index (χ4v) is 4.58. The van der Waals surface area contributed by atoms with E-state index in [1.807, 2.05) is 0 Å². The minimum atomic E-state index is -3.78. The van der Waals surface area contributed by atoms with Crippen molar-refractivity contribution < 1.29 is 22.7 Å². The van der Waals surface area contributed by atoms with Gasteiger partial charge in [0.15, 0.2) is 5.65 Å². The monoisotopic (exact) mass is 497 g/mol. The molecule has 0 aliphatic heterocycles. The van der Waals surface area contributed by atoms with Gasteiger partial charge in [-0.25, -0.2) is 13.4 Å². The van der Waals surface area contributed by atoms with Crippen molar-refractivity contribution in [1.29, 1.82) is 0 Å². The number of benzene rings is 2. The summed E-state index contributed by atoms with van der Waals surface area (Å²) in [6.45, 7) is 0.0937. The average Bonchev–Trinajstić information content (AvgIpc) is 3.25. The lowest BCUT2D eigenvalue weighted by Crippen LogP contribution is -2.26. The number of sulfonamides is 1. The van der Waals surface area contributed by atoms with Gasteiger partial charge in [0.1, 0.15) is 16.9 Å². The molecule has 0 fully saturated rings. The number of aromatic nitrogens is 4. The van der Waals surface area contributed by atoms with E-state index in [4.69, 9.17) is 9.47 Å². The summed E-state index contributed by atoms with van der Waals surface area (Å²) >= 11 is 0. The SMILES string of the molecule is COc1ccc(S(=O)(=O)N(C)c2ccc(OC(=O)CCn3cnc4c(cnn4C)c3=O)cc2)cc1. The van der Waals surface area contributed by atoms with Crippen LogP contribution in [-0.2, 0) is 28.4 Å². The maximum Gasteiger partial charge on any atom is 0.312 e. The van der Waals surface area contributed by atoms with Crippen LogP contribution in [-0.4, -0.2) is 47.9 Å². The van der Waals surface area contributed by atoms with Crippen molar-refractivity contribution in [2.45, 2.75) is 17.9 Å². The van der Waals surface area contributed by atoms with Crippen LogP contribution < -0.4 is 19.3 Å². The number of nitrogens with zero attached hydrogens (tertiary/aromatic N) is 5. The molecule has 2 aromatic carbocycles.